The van der Waals surface area contributed by atoms with Crippen LogP contribution in [-0.2, 0) is 0 Å². The van der Waals surface area contributed by atoms with Crippen molar-refractivity contribution in [2.75, 3.05) is 44.2 Å². The lowest BCUT2D eigenvalue weighted by atomic mass is 9.76. The number of carbonyl (C=O) groups excluding carboxylic acids is 1. The summed E-state index contributed by atoms with van der Waals surface area (Å²) < 4.78 is 20.3. The zero-order valence-electron chi connectivity index (χ0n) is 22.7. The van der Waals surface area contributed by atoms with Gasteiger partial charge >= 0.3 is 0 Å². The third-order valence-corrected chi connectivity index (χ3v) is 7.69. The van der Waals surface area contributed by atoms with Gasteiger partial charge in [0, 0.05) is 50.2 Å². The number of hydrogen-bond acceptors (Lipinski definition) is 8. The van der Waals surface area contributed by atoms with Gasteiger partial charge in [0.15, 0.2) is 5.82 Å². The van der Waals surface area contributed by atoms with Crippen molar-refractivity contribution in [1.82, 2.24) is 25.0 Å². The zero-order valence-corrected chi connectivity index (χ0v) is 22.7. The molecule has 2 saturated heterocycles. The maximum atomic E-state index is 14.2. The number of benzene rings is 1. The van der Waals surface area contributed by atoms with Gasteiger partial charge in [-0.2, -0.15) is 0 Å². The third-order valence-electron chi connectivity index (χ3n) is 7.69. The minimum atomic E-state index is -0.502. The molecule has 0 saturated carbocycles. The Kier molecular flexibility index (Phi) is 8.28. The van der Waals surface area contributed by atoms with Crippen molar-refractivity contribution in [3.8, 4) is 11.6 Å². The van der Waals surface area contributed by atoms with Gasteiger partial charge in [0.25, 0.3) is 11.8 Å². The molecule has 2 N–H and O–H groups in total. The molecule has 1 amide bonds. The van der Waals surface area contributed by atoms with Crippen LogP contribution < -0.4 is 15.4 Å². The van der Waals surface area contributed by atoms with E-state index < -0.39 is 5.82 Å². The highest BCUT2D eigenvalue weighted by Crippen LogP contribution is 2.44. The van der Waals surface area contributed by atoms with Gasteiger partial charge in [0.05, 0.1) is 5.56 Å². The van der Waals surface area contributed by atoms with Crippen LogP contribution in [0.5, 0.6) is 11.6 Å². The largest absolute Gasteiger partial charge is 0.434 e. The fraction of sp³-hybridized carbons (Fsp3) is 0.630. The fourth-order valence-electron chi connectivity index (χ4n) is 5.83. The van der Waals surface area contributed by atoms with E-state index in [4.69, 9.17) is 10.5 Å². The maximum Gasteiger partial charge on any atom is 0.282 e. The average molecular weight is 514 g/mol. The minimum absolute atomic E-state index is 0.0367. The third kappa shape index (κ3) is 5.70. The van der Waals surface area contributed by atoms with E-state index in [1.807, 2.05) is 20.8 Å². The van der Waals surface area contributed by atoms with E-state index in [1.165, 1.54) is 24.5 Å². The van der Waals surface area contributed by atoms with Crippen molar-refractivity contribution in [3.05, 3.63) is 35.9 Å². The van der Waals surface area contributed by atoms with Crippen molar-refractivity contribution in [1.29, 1.82) is 0 Å². The number of halogens is 1. The molecule has 2 aliphatic heterocycles. The van der Waals surface area contributed by atoms with Crippen LogP contribution in [0.2, 0.25) is 0 Å². The van der Waals surface area contributed by atoms with Gasteiger partial charge in [-0.1, -0.05) is 13.8 Å². The molecule has 1 aromatic heterocycles. The second-order valence-electron chi connectivity index (χ2n) is 11.0. The lowest BCUT2D eigenvalue weighted by molar-refractivity contribution is -0.0325. The van der Waals surface area contributed by atoms with Crippen LogP contribution in [-0.4, -0.2) is 82.2 Å². The summed E-state index contributed by atoms with van der Waals surface area (Å²) >= 11 is 0. The van der Waals surface area contributed by atoms with Crippen molar-refractivity contribution in [2.45, 2.75) is 59.5 Å². The zero-order chi connectivity index (χ0) is 26.7. The maximum absolute atomic E-state index is 14.2. The Labute approximate surface area is 219 Å². The summed E-state index contributed by atoms with van der Waals surface area (Å²) in [6.45, 7) is 15.2. The number of hydrogen-bond donors (Lipinski definition) is 1. The highest BCUT2D eigenvalue weighted by molar-refractivity contribution is 5.97. The number of rotatable bonds is 10. The highest BCUT2D eigenvalue weighted by Gasteiger charge is 2.50. The molecule has 1 aromatic carbocycles. The summed E-state index contributed by atoms with van der Waals surface area (Å²) in [5.74, 6) is 0.810. The molecule has 10 heteroatoms. The minimum Gasteiger partial charge on any atom is -0.434 e. The molecule has 37 heavy (non-hydrogen) atoms. The number of carbonyl (C=O) groups is 1. The van der Waals surface area contributed by atoms with Crippen LogP contribution in [0.4, 0.5) is 10.2 Å². The highest BCUT2D eigenvalue weighted by atomic mass is 19.1. The van der Waals surface area contributed by atoms with E-state index in [-0.39, 0.29) is 34.6 Å². The SMILES string of the molecule is CCN(C(=O)c1cc(F)ccc1Oc1nncnc1N1CCC2(C1)CN(C(CCN)C(C)C)C2)C(C)C. The Morgan fingerprint density at radius 2 is 2.00 bits per heavy atom. The number of ether oxygens (including phenoxy) is 1. The van der Waals surface area contributed by atoms with E-state index in [9.17, 15) is 9.18 Å². The number of aromatic nitrogens is 3. The van der Waals surface area contributed by atoms with E-state index in [0.717, 1.165) is 39.0 Å². The molecular formula is C27H40FN7O2. The van der Waals surface area contributed by atoms with Gasteiger partial charge in [-0.25, -0.2) is 9.37 Å². The average Bonchev–Trinajstić information content (AvgIpc) is 3.29. The first-order chi connectivity index (χ1) is 17.7. The molecule has 0 radical (unpaired) electrons. The van der Waals surface area contributed by atoms with Gasteiger partial charge in [-0.15, -0.1) is 10.2 Å². The normalized spacial score (nSPS) is 17.9. The van der Waals surface area contributed by atoms with Crippen molar-refractivity contribution < 1.29 is 13.9 Å². The van der Waals surface area contributed by atoms with Crippen LogP contribution in [0.3, 0.4) is 0 Å². The number of anilines is 1. The lowest BCUT2D eigenvalue weighted by Gasteiger charge is -2.52. The molecule has 1 unspecified atom stereocenters. The topological polar surface area (TPSA) is 101 Å². The standard InChI is InChI=1S/C27H40FN7O2/c1-6-35(19(4)5)26(36)21-13-20(28)7-8-23(21)37-25-24(30-17-31-32-25)33-12-10-27(14-33)15-34(16-27)22(9-11-29)18(2)3/h7-8,13,17-19,22H,6,9-12,14-16,29H2,1-5H3. The number of amides is 1. The number of likely N-dealkylation sites (tertiary alicyclic amines) is 1. The Morgan fingerprint density at radius 3 is 2.65 bits per heavy atom. The molecule has 202 valence electrons. The van der Waals surface area contributed by atoms with Crippen molar-refractivity contribution >= 4 is 11.7 Å². The Morgan fingerprint density at radius 1 is 1.24 bits per heavy atom. The van der Waals surface area contributed by atoms with Crippen molar-refractivity contribution in [3.63, 3.8) is 0 Å². The predicted molar refractivity (Wildman–Crippen MR) is 141 cm³/mol. The van der Waals surface area contributed by atoms with E-state index >= 15 is 0 Å². The van der Waals surface area contributed by atoms with Crippen LogP contribution in [0.15, 0.2) is 24.5 Å². The van der Waals surface area contributed by atoms with Crippen LogP contribution in [0, 0.1) is 17.2 Å². The molecule has 1 atom stereocenters. The van der Waals surface area contributed by atoms with Gasteiger partial charge in [0.2, 0.25) is 0 Å². The van der Waals surface area contributed by atoms with Gasteiger partial charge in [-0.3, -0.25) is 9.69 Å². The molecule has 9 nitrogen and oxygen atoms in total. The van der Waals surface area contributed by atoms with Crippen LogP contribution in [0.25, 0.3) is 0 Å². The molecule has 0 bridgehead atoms. The quantitative estimate of drug-likeness (QED) is 0.515. The summed E-state index contributed by atoms with van der Waals surface area (Å²) in [7, 11) is 0. The summed E-state index contributed by atoms with van der Waals surface area (Å²) in [5.41, 5.74) is 6.23. The molecule has 1 spiro atoms. The molecule has 3 heterocycles. The fourth-order valence-corrected chi connectivity index (χ4v) is 5.83. The van der Waals surface area contributed by atoms with Gasteiger partial charge in [0.1, 0.15) is 17.9 Å². The molecule has 2 aromatic rings. The summed E-state index contributed by atoms with van der Waals surface area (Å²) in [4.78, 5) is 24.1. The first-order valence-electron chi connectivity index (χ1n) is 13.3. The van der Waals surface area contributed by atoms with E-state index in [2.05, 4.69) is 38.8 Å². The first-order valence-corrected chi connectivity index (χ1v) is 13.3. The van der Waals surface area contributed by atoms with E-state index in [1.54, 1.807) is 4.90 Å². The molecular weight excluding hydrogens is 473 g/mol. The molecule has 2 fully saturated rings. The van der Waals surface area contributed by atoms with Gasteiger partial charge < -0.3 is 20.3 Å². The van der Waals surface area contributed by atoms with Crippen LogP contribution >= 0.6 is 0 Å². The van der Waals surface area contributed by atoms with Crippen molar-refractivity contribution in [2.24, 2.45) is 17.1 Å². The van der Waals surface area contributed by atoms with E-state index in [0.29, 0.717) is 30.9 Å². The predicted octanol–water partition coefficient (Wildman–Crippen LogP) is 3.56. The van der Waals surface area contributed by atoms with Gasteiger partial charge in [-0.05, 0) is 64.3 Å². The lowest BCUT2D eigenvalue weighted by Crippen LogP contribution is -2.62. The summed E-state index contributed by atoms with van der Waals surface area (Å²) in [6.07, 6.45) is 3.47. The summed E-state index contributed by atoms with van der Waals surface area (Å²) in [6, 6.07) is 4.43. The second-order valence-corrected chi connectivity index (χ2v) is 11.0. The second kappa shape index (κ2) is 11.3. The number of nitrogens with zero attached hydrogens (tertiary/aromatic N) is 6. The summed E-state index contributed by atoms with van der Waals surface area (Å²) in [5, 5.41) is 8.13. The molecule has 2 aliphatic rings. The Balaban J connectivity index is 1.52. The Hall–Kier alpha value is -2.85. The number of nitrogens with two attached hydrogens (primary N) is 1. The van der Waals surface area contributed by atoms with Crippen LogP contribution in [0.1, 0.15) is 57.8 Å². The Bertz CT molecular complexity index is 1090. The monoisotopic (exact) mass is 513 g/mol. The molecule has 0 aliphatic carbocycles. The first kappa shape index (κ1) is 27.2. The molecule has 4 rings (SSSR count). The smallest absolute Gasteiger partial charge is 0.282 e.